The molecule has 20 heavy (non-hydrogen) atoms. The highest BCUT2D eigenvalue weighted by molar-refractivity contribution is 5.26. The van der Waals surface area contributed by atoms with Gasteiger partial charge < -0.3 is 9.88 Å². The van der Waals surface area contributed by atoms with Crippen LogP contribution in [-0.2, 0) is 13.1 Å². The van der Waals surface area contributed by atoms with Crippen LogP contribution in [-0.4, -0.2) is 14.8 Å². The molecule has 0 saturated carbocycles. The van der Waals surface area contributed by atoms with Crippen LogP contribution >= 0.6 is 0 Å². The molecule has 0 aliphatic carbocycles. The van der Waals surface area contributed by atoms with E-state index < -0.39 is 0 Å². The summed E-state index contributed by atoms with van der Waals surface area (Å²) in [6.45, 7) is 10.4. The van der Waals surface area contributed by atoms with Gasteiger partial charge >= 0.3 is 0 Å². The average Bonchev–Trinajstić information content (AvgIpc) is 2.92. The zero-order valence-corrected chi connectivity index (χ0v) is 12.8. The maximum atomic E-state index is 4.14. The second kappa shape index (κ2) is 6.66. The molecule has 1 aromatic heterocycles. The number of benzene rings is 1. The lowest BCUT2D eigenvalue weighted by atomic mass is 9.99. The molecule has 0 aliphatic heterocycles. The van der Waals surface area contributed by atoms with Crippen molar-refractivity contribution in [2.45, 2.75) is 52.7 Å². The first-order valence-electron chi connectivity index (χ1n) is 7.31. The highest BCUT2D eigenvalue weighted by Gasteiger charge is 2.08. The largest absolute Gasteiger partial charge is 0.317 e. The summed E-state index contributed by atoms with van der Waals surface area (Å²) in [4.78, 5) is 0. The molecule has 2 rings (SSSR count). The molecule has 0 radical (unpaired) electrons. The highest BCUT2D eigenvalue weighted by atomic mass is 15.3. The molecule has 0 amide bonds. The van der Waals surface area contributed by atoms with Crippen molar-refractivity contribution >= 4 is 0 Å². The predicted molar refractivity (Wildman–Crippen MR) is 81.5 cm³/mol. The van der Waals surface area contributed by atoms with E-state index in [1.54, 1.807) is 6.33 Å². The Morgan fingerprint density at radius 2 is 1.75 bits per heavy atom. The van der Waals surface area contributed by atoms with Crippen molar-refractivity contribution in [3.63, 3.8) is 0 Å². The van der Waals surface area contributed by atoms with E-state index in [2.05, 4.69) is 72.0 Å². The third-order valence-electron chi connectivity index (χ3n) is 3.71. The minimum atomic E-state index is 0.304. The van der Waals surface area contributed by atoms with E-state index in [-0.39, 0.29) is 0 Å². The van der Waals surface area contributed by atoms with Gasteiger partial charge in [-0.3, -0.25) is 0 Å². The molecule has 0 saturated heterocycles. The number of aromatic nitrogens is 3. The SMILES string of the molecule is CCn1cnnc1CNC(C)c1ccc(C(C)C)cc1. The van der Waals surface area contributed by atoms with Gasteiger partial charge in [0.25, 0.3) is 0 Å². The maximum absolute atomic E-state index is 4.14. The fourth-order valence-electron chi connectivity index (χ4n) is 2.21. The molecule has 108 valence electrons. The van der Waals surface area contributed by atoms with Gasteiger partial charge in [-0.15, -0.1) is 10.2 Å². The third kappa shape index (κ3) is 3.45. The zero-order chi connectivity index (χ0) is 14.5. The van der Waals surface area contributed by atoms with Crippen LogP contribution in [0.1, 0.15) is 56.6 Å². The lowest BCUT2D eigenvalue weighted by molar-refractivity contribution is 0.539. The Bertz CT molecular complexity index is 528. The van der Waals surface area contributed by atoms with E-state index >= 15 is 0 Å². The number of aryl methyl sites for hydroxylation is 1. The van der Waals surface area contributed by atoms with Crippen LogP contribution in [0.3, 0.4) is 0 Å². The average molecular weight is 272 g/mol. The van der Waals surface area contributed by atoms with E-state index in [1.165, 1.54) is 11.1 Å². The normalized spacial score (nSPS) is 12.8. The van der Waals surface area contributed by atoms with E-state index in [0.29, 0.717) is 12.0 Å². The summed E-state index contributed by atoms with van der Waals surface area (Å²) >= 11 is 0. The van der Waals surface area contributed by atoms with Gasteiger partial charge in [0.05, 0.1) is 6.54 Å². The van der Waals surface area contributed by atoms with Crippen molar-refractivity contribution in [2.24, 2.45) is 0 Å². The number of nitrogens with zero attached hydrogens (tertiary/aromatic N) is 3. The second-order valence-electron chi connectivity index (χ2n) is 5.46. The lowest BCUT2D eigenvalue weighted by Crippen LogP contribution is -2.20. The smallest absolute Gasteiger partial charge is 0.146 e. The summed E-state index contributed by atoms with van der Waals surface area (Å²) in [6.07, 6.45) is 1.78. The monoisotopic (exact) mass is 272 g/mol. The Hall–Kier alpha value is -1.68. The molecule has 4 heteroatoms. The van der Waals surface area contributed by atoms with Crippen LogP contribution in [0, 0.1) is 0 Å². The molecule has 1 heterocycles. The molecule has 0 fully saturated rings. The van der Waals surface area contributed by atoms with Gasteiger partial charge in [0.15, 0.2) is 0 Å². The van der Waals surface area contributed by atoms with Gasteiger partial charge in [-0.05, 0) is 30.9 Å². The van der Waals surface area contributed by atoms with Gasteiger partial charge in [-0.25, -0.2) is 0 Å². The van der Waals surface area contributed by atoms with Crippen molar-refractivity contribution in [3.8, 4) is 0 Å². The quantitative estimate of drug-likeness (QED) is 0.877. The number of rotatable bonds is 6. The molecule has 1 N–H and O–H groups in total. The molecule has 2 aromatic rings. The Balaban J connectivity index is 1.96. The van der Waals surface area contributed by atoms with E-state index in [9.17, 15) is 0 Å². The van der Waals surface area contributed by atoms with Gasteiger partial charge in [0, 0.05) is 12.6 Å². The van der Waals surface area contributed by atoms with Crippen LogP contribution in [0.25, 0.3) is 0 Å². The third-order valence-corrected chi connectivity index (χ3v) is 3.71. The zero-order valence-electron chi connectivity index (χ0n) is 12.8. The summed E-state index contributed by atoms with van der Waals surface area (Å²) in [5.74, 6) is 1.56. The van der Waals surface area contributed by atoms with E-state index in [0.717, 1.165) is 18.9 Å². The van der Waals surface area contributed by atoms with Crippen LogP contribution in [0.2, 0.25) is 0 Å². The molecule has 1 unspecified atom stereocenters. The fourth-order valence-corrected chi connectivity index (χ4v) is 2.21. The molecular formula is C16H24N4. The van der Waals surface area contributed by atoms with Crippen LogP contribution in [0.5, 0.6) is 0 Å². The van der Waals surface area contributed by atoms with Gasteiger partial charge in [0.2, 0.25) is 0 Å². The van der Waals surface area contributed by atoms with Crippen LogP contribution < -0.4 is 5.32 Å². The summed E-state index contributed by atoms with van der Waals surface area (Å²) in [5.41, 5.74) is 2.68. The molecule has 0 aliphatic rings. The Morgan fingerprint density at radius 1 is 1.10 bits per heavy atom. The molecular weight excluding hydrogens is 248 g/mol. The summed E-state index contributed by atoms with van der Waals surface area (Å²) in [5, 5.41) is 11.6. The minimum Gasteiger partial charge on any atom is -0.317 e. The molecule has 1 atom stereocenters. The van der Waals surface area contributed by atoms with Gasteiger partial charge in [-0.2, -0.15) is 0 Å². The summed E-state index contributed by atoms with van der Waals surface area (Å²) < 4.78 is 2.06. The van der Waals surface area contributed by atoms with Crippen molar-refractivity contribution in [3.05, 3.63) is 47.5 Å². The second-order valence-corrected chi connectivity index (χ2v) is 5.46. The molecule has 0 bridgehead atoms. The topological polar surface area (TPSA) is 42.7 Å². The predicted octanol–water partition coefficient (Wildman–Crippen LogP) is 3.27. The summed E-state index contributed by atoms with van der Waals surface area (Å²) in [6, 6.07) is 9.15. The molecule has 0 spiro atoms. The minimum absolute atomic E-state index is 0.304. The first-order valence-corrected chi connectivity index (χ1v) is 7.31. The Morgan fingerprint density at radius 3 is 2.35 bits per heavy atom. The van der Waals surface area contributed by atoms with Crippen LogP contribution in [0.15, 0.2) is 30.6 Å². The number of hydrogen-bond acceptors (Lipinski definition) is 3. The van der Waals surface area contributed by atoms with E-state index in [4.69, 9.17) is 0 Å². The first kappa shape index (κ1) is 14.7. The summed E-state index contributed by atoms with van der Waals surface area (Å²) in [7, 11) is 0. The van der Waals surface area contributed by atoms with Gasteiger partial charge in [0.1, 0.15) is 12.2 Å². The first-order chi connectivity index (χ1) is 9.61. The van der Waals surface area contributed by atoms with Crippen molar-refractivity contribution in [1.82, 2.24) is 20.1 Å². The Kier molecular flexibility index (Phi) is 4.90. The lowest BCUT2D eigenvalue weighted by Gasteiger charge is -2.15. The van der Waals surface area contributed by atoms with Crippen molar-refractivity contribution < 1.29 is 0 Å². The van der Waals surface area contributed by atoms with Crippen molar-refractivity contribution in [1.29, 1.82) is 0 Å². The van der Waals surface area contributed by atoms with Crippen molar-refractivity contribution in [2.75, 3.05) is 0 Å². The molecule has 1 aromatic carbocycles. The van der Waals surface area contributed by atoms with Gasteiger partial charge in [-0.1, -0.05) is 38.1 Å². The number of hydrogen-bond donors (Lipinski definition) is 1. The number of nitrogens with one attached hydrogen (secondary N) is 1. The van der Waals surface area contributed by atoms with E-state index in [1.807, 2.05) is 0 Å². The maximum Gasteiger partial charge on any atom is 0.146 e. The molecule has 4 nitrogen and oxygen atoms in total. The Labute approximate surface area is 121 Å². The fraction of sp³-hybridized carbons (Fsp3) is 0.500. The van der Waals surface area contributed by atoms with Crippen LogP contribution in [0.4, 0.5) is 0 Å². The standard InChI is InChI=1S/C16H24N4/c1-5-20-11-18-19-16(20)10-17-13(4)15-8-6-14(7-9-15)12(2)3/h6-9,11-13,17H,5,10H2,1-4H3. The highest BCUT2D eigenvalue weighted by Crippen LogP contribution is 2.18.